The highest BCUT2D eigenvalue weighted by Crippen LogP contribution is 2.25. The highest BCUT2D eigenvalue weighted by molar-refractivity contribution is 7.89. The third-order valence-electron chi connectivity index (χ3n) is 5.17. The monoisotopic (exact) mass is 501 g/mol. The highest BCUT2D eigenvalue weighted by atomic mass is 32.2. The van der Waals surface area contributed by atoms with Crippen molar-refractivity contribution in [2.24, 2.45) is 0 Å². The number of esters is 1. The number of amides is 1. The fourth-order valence-electron chi connectivity index (χ4n) is 3.28. The summed E-state index contributed by atoms with van der Waals surface area (Å²) in [6, 6.07) is 13.9. The first kappa shape index (κ1) is 25.7. The van der Waals surface area contributed by atoms with Gasteiger partial charge in [-0.3, -0.25) is 19.7 Å². The SMILES string of the molecule is Cc1c(NC(=O)COC(=O)[C@@H](NS(=O)(=O)c2ccc3ccccc3c2)[C@H](C)O)cccc1[N+](=O)[O-]. The van der Waals surface area contributed by atoms with E-state index in [1.54, 1.807) is 18.2 Å². The smallest absolute Gasteiger partial charge is 0.327 e. The molecule has 0 radical (unpaired) electrons. The van der Waals surface area contributed by atoms with Crippen molar-refractivity contribution in [2.75, 3.05) is 11.9 Å². The number of carbonyl (C=O) groups is 2. The Kier molecular flexibility index (Phi) is 7.79. The molecule has 11 nitrogen and oxygen atoms in total. The first-order valence-electron chi connectivity index (χ1n) is 10.4. The zero-order chi connectivity index (χ0) is 25.8. The molecule has 1 amide bonds. The first-order valence-corrected chi connectivity index (χ1v) is 11.9. The van der Waals surface area contributed by atoms with Gasteiger partial charge in [0.1, 0.15) is 6.04 Å². The van der Waals surface area contributed by atoms with Gasteiger partial charge in [0.25, 0.3) is 11.6 Å². The normalized spacial score (nSPS) is 13.1. The largest absolute Gasteiger partial charge is 0.454 e. The first-order chi connectivity index (χ1) is 16.5. The summed E-state index contributed by atoms with van der Waals surface area (Å²) < 4.78 is 32.7. The summed E-state index contributed by atoms with van der Waals surface area (Å²) in [7, 11) is -4.22. The van der Waals surface area contributed by atoms with E-state index < -0.39 is 45.6 Å². The van der Waals surface area contributed by atoms with E-state index in [-0.39, 0.29) is 21.8 Å². The van der Waals surface area contributed by atoms with Crippen molar-refractivity contribution < 1.29 is 32.8 Å². The summed E-state index contributed by atoms with van der Waals surface area (Å²) in [4.78, 5) is 35.0. The van der Waals surface area contributed by atoms with Crippen LogP contribution in [-0.2, 0) is 24.3 Å². The van der Waals surface area contributed by atoms with E-state index in [0.29, 0.717) is 5.39 Å². The van der Waals surface area contributed by atoms with E-state index >= 15 is 0 Å². The number of carbonyl (C=O) groups excluding carboxylic acids is 2. The Morgan fingerprint density at radius 2 is 1.77 bits per heavy atom. The molecule has 0 fully saturated rings. The van der Waals surface area contributed by atoms with E-state index in [2.05, 4.69) is 10.0 Å². The van der Waals surface area contributed by atoms with Crippen molar-refractivity contribution in [2.45, 2.75) is 30.9 Å². The number of benzene rings is 3. The standard InChI is InChI=1S/C23H23N3O8S/c1-14-19(8-5-9-20(14)26(30)31)24-21(28)13-34-23(29)22(15(2)27)25-35(32,33)18-11-10-16-6-3-4-7-17(16)12-18/h3-12,15,22,25,27H,13H2,1-2H3,(H,24,28)/t15-,22-/m0/s1. The second-order valence-electron chi connectivity index (χ2n) is 7.71. The number of nitro groups is 1. The van der Waals surface area contributed by atoms with E-state index in [1.807, 2.05) is 12.1 Å². The van der Waals surface area contributed by atoms with Gasteiger partial charge in [0.2, 0.25) is 10.0 Å². The fraction of sp³-hybridized carbons (Fsp3) is 0.217. The van der Waals surface area contributed by atoms with Gasteiger partial charge in [0, 0.05) is 6.07 Å². The van der Waals surface area contributed by atoms with Crippen LogP contribution in [-0.4, -0.2) is 49.1 Å². The minimum Gasteiger partial charge on any atom is -0.454 e. The zero-order valence-electron chi connectivity index (χ0n) is 18.8. The lowest BCUT2D eigenvalue weighted by Gasteiger charge is -2.20. The van der Waals surface area contributed by atoms with Gasteiger partial charge in [-0.05, 0) is 42.8 Å². The van der Waals surface area contributed by atoms with Crippen molar-refractivity contribution >= 4 is 44.0 Å². The number of anilines is 1. The van der Waals surface area contributed by atoms with Crippen LogP contribution in [0, 0.1) is 17.0 Å². The predicted octanol–water partition coefficient (Wildman–Crippen LogP) is 2.27. The molecular weight excluding hydrogens is 478 g/mol. The molecule has 0 spiro atoms. The Bertz CT molecular complexity index is 1390. The summed E-state index contributed by atoms with van der Waals surface area (Å²) in [5, 5.41) is 24.9. The van der Waals surface area contributed by atoms with Crippen LogP contribution in [0.4, 0.5) is 11.4 Å². The molecule has 0 bridgehead atoms. The molecule has 3 aromatic rings. The Morgan fingerprint density at radius 3 is 2.43 bits per heavy atom. The quantitative estimate of drug-likeness (QED) is 0.228. The summed E-state index contributed by atoms with van der Waals surface area (Å²) in [5.41, 5.74) is 0.170. The molecule has 0 saturated heterocycles. The molecule has 12 heteroatoms. The van der Waals surface area contributed by atoms with Crippen LogP contribution in [0.3, 0.4) is 0 Å². The molecule has 3 rings (SSSR count). The van der Waals surface area contributed by atoms with Gasteiger partial charge in [-0.1, -0.05) is 36.4 Å². The number of nitrogens with one attached hydrogen (secondary N) is 2. The molecule has 0 saturated carbocycles. The maximum Gasteiger partial charge on any atom is 0.327 e. The molecule has 0 aromatic heterocycles. The van der Waals surface area contributed by atoms with Gasteiger partial charge in [-0.2, -0.15) is 4.72 Å². The molecule has 2 atom stereocenters. The van der Waals surface area contributed by atoms with Gasteiger partial charge in [0.15, 0.2) is 6.61 Å². The minimum absolute atomic E-state index is 0.117. The molecule has 35 heavy (non-hydrogen) atoms. The topological polar surface area (TPSA) is 165 Å². The zero-order valence-corrected chi connectivity index (χ0v) is 19.6. The lowest BCUT2D eigenvalue weighted by molar-refractivity contribution is -0.385. The Morgan fingerprint density at radius 1 is 1.09 bits per heavy atom. The van der Waals surface area contributed by atoms with Crippen molar-refractivity contribution in [3.63, 3.8) is 0 Å². The van der Waals surface area contributed by atoms with E-state index in [1.165, 1.54) is 44.2 Å². The summed E-state index contributed by atoms with van der Waals surface area (Å²) in [5.74, 6) is -1.97. The van der Waals surface area contributed by atoms with E-state index in [4.69, 9.17) is 4.74 Å². The van der Waals surface area contributed by atoms with Crippen molar-refractivity contribution in [1.29, 1.82) is 0 Å². The molecule has 0 heterocycles. The predicted molar refractivity (Wildman–Crippen MR) is 127 cm³/mol. The number of aliphatic hydroxyl groups is 1. The lowest BCUT2D eigenvalue weighted by Crippen LogP contribution is -2.48. The van der Waals surface area contributed by atoms with Gasteiger partial charge in [-0.25, -0.2) is 8.42 Å². The van der Waals surface area contributed by atoms with Gasteiger partial charge >= 0.3 is 5.97 Å². The number of aliphatic hydroxyl groups excluding tert-OH is 1. The summed E-state index contributed by atoms with van der Waals surface area (Å²) >= 11 is 0. The number of sulfonamides is 1. The average molecular weight is 502 g/mol. The molecule has 0 aliphatic rings. The van der Waals surface area contributed by atoms with Crippen LogP contribution in [0.1, 0.15) is 12.5 Å². The highest BCUT2D eigenvalue weighted by Gasteiger charge is 2.31. The molecule has 0 aliphatic carbocycles. The van der Waals surface area contributed by atoms with Crippen molar-refractivity contribution in [3.05, 3.63) is 76.3 Å². The number of rotatable bonds is 9. The number of hydrogen-bond acceptors (Lipinski definition) is 8. The maximum absolute atomic E-state index is 12.8. The Labute approximate surface area is 200 Å². The molecule has 3 aromatic carbocycles. The number of hydrogen-bond donors (Lipinski definition) is 3. The number of nitrogens with zero attached hydrogens (tertiary/aromatic N) is 1. The Balaban J connectivity index is 1.68. The van der Waals surface area contributed by atoms with E-state index in [9.17, 15) is 33.2 Å². The molecule has 184 valence electrons. The average Bonchev–Trinajstić information content (AvgIpc) is 2.81. The second-order valence-corrected chi connectivity index (χ2v) is 9.43. The Hall–Kier alpha value is -3.87. The molecule has 0 aliphatic heterocycles. The van der Waals surface area contributed by atoms with E-state index in [0.717, 1.165) is 5.39 Å². The van der Waals surface area contributed by atoms with Crippen LogP contribution in [0.25, 0.3) is 10.8 Å². The lowest BCUT2D eigenvalue weighted by atomic mass is 10.1. The number of nitro benzene ring substituents is 1. The second kappa shape index (κ2) is 10.6. The maximum atomic E-state index is 12.8. The fourth-order valence-corrected chi connectivity index (χ4v) is 4.58. The molecular formula is C23H23N3O8S. The third-order valence-corrected chi connectivity index (χ3v) is 6.61. The summed E-state index contributed by atoms with van der Waals surface area (Å²) in [6.45, 7) is 1.84. The van der Waals surface area contributed by atoms with Gasteiger partial charge in [0.05, 0.1) is 27.2 Å². The van der Waals surface area contributed by atoms with Crippen molar-refractivity contribution in [1.82, 2.24) is 4.72 Å². The van der Waals surface area contributed by atoms with Gasteiger partial charge in [-0.15, -0.1) is 0 Å². The molecule has 0 unspecified atom stereocenters. The number of fused-ring (bicyclic) bond motifs is 1. The van der Waals surface area contributed by atoms with Crippen LogP contribution in [0.15, 0.2) is 65.6 Å². The van der Waals surface area contributed by atoms with Crippen molar-refractivity contribution in [3.8, 4) is 0 Å². The molecule has 3 N–H and O–H groups in total. The summed E-state index contributed by atoms with van der Waals surface area (Å²) in [6.07, 6.45) is -1.47. The van der Waals surface area contributed by atoms with Crippen LogP contribution in [0.2, 0.25) is 0 Å². The van der Waals surface area contributed by atoms with Gasteiger partial charge < -0.3 is 15.2 Å². The number of ether oxygens (including phenoxy) is 1. The third kappa shape index (κ3) is 6.18. The van der Waals surface area contributed by atoms with Crippen LogP contribution >= 0.6 is 0 Å². The van der Waals surface area contributed by atoms with Crippen LogP contribution in [0.5, 0.6) is 0 Å². The van der Waals surface area contributed by atoms with Crippen LogP contribution < -0.4 is 10.0 Å². The minimum atomic E-state index is -4.22.